The van der Waals surface area contributed by atoms with Crippen LogP contribution in [0.15, 0.2) is 53.9 Å². The molecule has 0 spiro atoms. The van der Waals surface area contributed by atoms with E-state index in [0.29, 0.717) is 10.6 Å². The summed E-state index contributed by atoms with van der Waals surface area (Å²) in [5, 5.41) is 8.71. The van der Waals surface area contributed by atoms with Gasteiger partial charge in [0.15, 0.2) is 5.69 Å². The Morgan fingerprint density at radius 3 is 2.43 bits per heavy atom. The molecule has 30 heavy (non-hydrogen) atoms. The molecule has 1 unspecified atom stereocenters. The van der Waals surface area contributed by atoms with Crippen molar-refractivity contribution >= 4 is 40.6 Å². The van der Waals surface area contributed by atoms with Crippen molar-refractivity contribution < 1.29 is 14.0 Å². The lowest BCUT2D eigenvalue weighted by atomic mass is 10.0. The third-order valence-corrected chi connectivity index (χ3v) is 4.83. The second-order valence-corrected chi connectivity index (χ2v) is 8.68. The maximum atomic E-state index is 14.0. The van der Waals surface area contributed by atoms with Crippen LogP contribution < -0.4 is 10.2 Å². The number of hydrogen-bond acceptors (Lipinski definition) is 5. The first-order chi connectivity index (χ1) is 14.2. The van der Waals surface area contributed by atoms with Crippen molar-refractivity contribution in [2.45, 2.75) is 32.4 Å². The Morgan fingerprint density at radius 1 is 1.17 bits per heavy atom. The second kappa shape index (κ2) is 8.89. The van der Waals surface area contributed by atoms with Crippen molar-refractivity contribution in [3.05, 3.63) is 76.0 Å². The van der Waals surface area contributed by atoms with Crippen LogP contribution in [0, 0.1) is 5.82 Å². The van der Waals surface area contributed by atoms with E-state index in [1.54, 1.807) is 30.3 Å². The molecule has 1 N–H and O–H groups in total. The largest absolute Gasteiger partial charge is 0.349 e. The van der Waals surface area contributed by atoms with Gasteiger partial charge in [0.05, 0.1) is 0 Å². The van der Waals surface area contributed by atoms with Crippen LogP contribution in [-0.4, -0.2) is 26.9 Å². The van der Waals surface area contributed by atoms with Gasteiger partial charge in [0.25, 0.3) is 5.91 Å². The number of hydrogen-bond donors (Lipinski definition) is 1. The standard InChI is InChI=1S/C21H20ClFN4O2S/c1-21(2,3)24-19(28)18(13-7-9-14(22)10-8-13)27(16-6-4-5-15(23)11-16)20(29)17-12-30-26-25-17/h4-12,18H,1-3H3,(H,24,28). The monoisotopic (exact) mass is 446 g/mol. The number of carbonyl (C=O) groups excluding carboxylic acids is 2. The highest BCUT2D eigenvalue weighted by molar-refractivity contribution is 7.03. The van der Waals surface area contributed by atoms with Crippen LogP contribution in [0.5, 0.6) is 0 Å². The van der Waals surface area contributed by atoms with Crippen LogP contribution in [0.25, 0.3) is 0 Å². The van der Waals surface area contributed by atoms with Gasteiger partial charge in [-0.15, -0.1) is 5.10 Å². The molecular weight excluding hydrogens is 427 g/mol. The molecule has 0 aliphatic rings. The average Bonchev–Trinajstić information content (AvgIpc) is 3.20. The van der Waals surface area contributed by atoms with E-state index in [1.165, 1.54) is 28.5 Å². The quantitative estimate of drug-likeness (QED) is 0.619. The van der Waals surface area contributed by atoms with Gasteiger partial charge in [-0.3, -0.25) is 14.5 Å². The van der Waals surface area contributed by atoms with Crippen molar-refractivity contribution in [3.8, 4) is 0 Å². The lowest BCUT2D eigenvalue weighted by molar-refractivity contribution is -0.123. The van der Waals surface area contributed by atoms with E-state index < -0.39 is 29.2 Å². The summed E-state index contributed by atoms with van der Waals surface area (Å²) < 4.78 is 17.8. The minimum atomic E-state index is -1.09. The zero-order valence-corrected chi connectivity index (χ0v) is 18.2. The first-order valence-electron chi connectivity index (χ1n) is 9.09. The van der Waals surface area contributed by atoms with Gasteiger partial charge < -0.3 is 5.32 Å². The number of benzene rings is 2. The Morgan fingerprint density at radius 2 is 1.87 bits per heavy atom. The summed E-state index contributed by atoms with van der Waals surface area (Å²) in [6.07, 6.45) is 0. The van der Waals surface area contributed by atoms with Crippen molar-refractivity contribution in [1.29, 1.82) is 0 Å². The Hall–Kier alpha value is -2.84. The molecule has 0 aliphatic carbocycles. The molecule has 0 saturated heterocycles. The molecule has 2 aromatic carbocycles. The number of nitrogens with zero attached hydrogens (tertiary/aromatic N) is 3. The molecule has 1 atom stereocenters. The number of halogens is 2. The predicted molar refractivity (Wildman–Crippen MR) is 115 cm³/mol. The maximum absolute atomic E-state index is 14.0. The number of carbonyl (C=O) groups is 2. The summed E-state index contributed by atoms with van der Waals surface area (Å²) >= 11 is 7.03. The highest BCUT2D eigenvalue weighted by Gasteiger charge is 2.36. The zero-order valence-electron chi connectivity index (χ0n) is 16.6. The summed E-state index contributed by atoms with van der Waals surface area (Å²) in [6, 6.07) is 11.0. The molecule has 9 heteroatoms. The highest BCUT2D eigenvalue weighted by Crippen LogP contribution is 2.31. The summed E-state index contributed by atoms with van der Waals surface area (Å²) in [5.74, 6) is -1.53. The van der Waals surface area contributed by atoms with Crippen LogP contribution in [0.3, 0.4) is 0 Å². The molecule has 0 bridgehead atoms. The molecule has 156 valence electrons. The smallest absolute Gasteiger partial charge is 0.280 e. The predicted octanol–water partition coefficient (Wildman–Crippen LogP) is 4.63. The molecule has 0 radical (unpaired) electrons. The first-order valence-corrected chi connectivity index (χ1v) is 10.3. The van der Waals surface area contributed by atoms with Gasteiger partial charge in [-0.2, -0.15) is 0 Å². The Labute approximate surface area is 182 Å². The zero-order chi connectivity index (χ0) is 21.9. The molecule has 0 saturated carbocycles. The van der Waals surface area contributed by atoms with Crippen LogP contribution >= 0.6 is 23.1 Å². The summed E-state index contributed by atoms with van der Waals surface area (Å²) in [6.45, 7) is 5.51. The third kappa shape index (κ3) is 5.20. The summed E-state index contributed by atoms with van der Waals surface area (Å²) in [4.78, 5) is 28.0. The van der Waals surface area contributed by atoms with Crippen LogP contribution in [0.1, 0.15) is 42.9 Å². The van der Waals surface area contributed by atoms with E-state index in [0.717, 1.165) is 11.5 Å². The molecule has 3 aromatic rings. The SMILES string of the molecule is CC(C)(C)NC(=O)C(c1ccc(Cl)cc1)N(C(=O)c1csnn1)c1cccc(F)c1. The van der Waals surface area contributed by atoms with E-state index in [2.05, 4.69) is 14.9 Å². The molecule has 1 heterocycles. The van der Waals surface area contributed by atoms with Gasteiger partial charge >= 0.3 is 0 Å². The fourth-order valence-electron chi connectivity index (χ4n) is 2.89. The lowest BCUT2D eigenvalue weighted by Crippen LogP contribution is -2.49. The second-order valence-electron chi connectivity index (χ2n) is 7.64. The summed E-state index contributed by atoms with van der Waals surface area (Å²) in [7, 11) is 0. The molecule has 3 rings (SSSR count). The van der Waals surface area contributed by atoms with Crippen LogP contribution in [0.4, 0.5) is 10.1 Å². The van der Waals surface area contributed by atoms with E-state index >= 15 is 0 Å². The van der Waals surface area contributed by atoms with E-state index in [4.69, 9.17) is 11.6 Å². The normalized spacial score (nSPS) is 12.3. The number of nitrogens with one attached hydrogen (secondary N) is 1. The fraction of sp³-hybridized carbons (Fsp3) is 0.238. The van der Waals surface area contributed by atoms with Crippen LogP contribution in [-0.2, 0) is 4.79 Å². The van der Waals surface area contributed by atoms with Gasteiger partial charge in [0.2, 0.25) is 5.91 Å². The molecular formula is C21H20ClFN4O2S. The number of amides is 2. The minimum absolute atomic E-state index is 0.0618. The van der Waals surface area contributed by atoms with E-state index in [-0.39, 0.29) is 11.4 Å². The number of aromatic nitrogens is 2. The van der Waals surface area contributed by atoms with E-state index in [9.17, 15) is 14.0 Å². The Kier molecular flexibility index (Phi) is 6.48. The topological polar surface area (TPSA) is 75.2 Å². The van der Waals surface area contributed by atoms with Crippen LogP contribution in [0.2, 0.25) is 5.02 Å². The maximum Gasteiger partial charge on any atom is 0.280 e. The summed E-state index contributed by atoms with van der Waals surface area (Å²) in [5.41, 5.74) is 0.242. The van der Waals surface area contributed by atoms with Gasteiger partial charge in [-0.05, 0) is 68.2 Å². The fourth-order valence-corrected chi connectivity index (χ4v) is 3.45. The van der Waals surface area contributed by atoms with Gasteiger partial charge in [-0.25, -0.2) is 4.39 Å². The van der Waals surface area contributed by atoms with Gasteiger partial charge in [0, 0.05) is 21.6 Å². The lowest BCUT2D eigenvalue weighted by Gasteiger charge is -2.33. The molecule has 6 nitrogen and oxygen atoms in total. The molecule has 0 fully saturated rings. The van der Waals surface area contributed by atoms with Crippen molar-refractivity contribution in [1.82, 2.24) is 14.9 Å². The Balaban J connectivity index is 2.18. The van der Waals surface area contributed by atoms with Crippen molar-refractivity contribution in [2.24, 2.45) is 0 Å². The van der Waals surface area contributed by atoms with Gasteiger partial charge in [0.1, 0.15) is 11.9 Å². The minimum Gasteiger partial charge on any atom is -0.349 e. The van der Waals surface area contributed by atoms with Crippen molar-refractivity contribution in [3.63, 3.8) is 0 Å². The molecule has 2 amide bonds. The molecule has 1 aromatic heterocycles. The third-order valence-electron chi connectivity index (χ3n) is 4.07. The molecule has 0 aliphatic heterocycles. The van der Waals surface area contributed by atoms with Gasteiger partial charge in [-0.1, -0.05) is 34.3 Å². The Bertz CT molecular complexity index is 1040. The van der Waals surface area contributed by atoms with E-state index in [1.807, 2.05) is 20.8 Å². The number of rotatable bonds is 5. The first kappa shape index (κ1) is 21.9. The van der Waals surface area contributed by atoms with Crippen molar-refractivity contribution in [2.75, 3.05) is 4.90 Å². The average molecular weight is 447 g/mol. The highest BCUT2D eigenvalue weighted by atomic mass is 35.5. The number of anilines is 1.